The predicted octanol–water partition coefficient (Wildman–Crippen LogP) is 3.03. The fourth-order valence-corrected chi connectivity index (χ4v) is 3.71. The summed E-state index contributed by atoms with van der Waals surface area (Å²) in [6.07, 6.45) is 5.68. The lowest BCUT2D eigenvalue weighted by molar-refractivity contribution is -0.117. The van der Waals surface area contributed by atoms with E-state index in [-0.39, 0.29) is 29.5 Å². The van der Waals surface area contributed by atoms with E-state index in [0.717, 1.165) is 12.8 Å². The number of aryl methyl sites for hydroxylation is 1. The van der Waals surface area contributed by atoms with Crippen LogP contribution in [0.5, 0.6) is 11.8 Å². The van der Waals surface area contributed by atoms with Crippen LogP contribution in [0.15, 0.2) is 49.4 Å². The molecule has 4 rings (SSSR count). The number of rotatable bonds is 6. The summed E-state index contributed by atoms with van der Waals surface area (Å²) in [5.41, 5.74) is 7.96. The lowest BCUT2D eigenvalue weighted by Gasteiger charge is -2.34. The van der Waals surface area contributed by atoms with Crippen LogP contribution in [0.2, 0.25) is 0 Å². The maximum Gasteiger partial charge on any atom is 0.322 e. The number of nitrogen functional groups attached to an aromatic ring is 1. The summed E-state index contributed by atoms with van der Waals surface area (Å²) in [4.78, 5) is 30.3. The molecule has 2 aromatic heterocycles. The Labute approximate surface area is 190 Å². The number of carbonyl (C=O) groups excluding carboxylic acids is 1. The Bertz CT molecular complexity index is 1180. The van der Waals surface area contributed by atoms with Crippen LogP contribution in [-0.2, 0) is 4.79 Å². The predicted molar refractivity (Wildman–Crippen MR) is 122 cm³/mol. The van der Waals surface area contributed by atoms with Crippen molar-refractivity contribution in [1.29, 1.82) is 0 Å². The zero-order valence-corrected chi connectivity index (χ0v) is 18.2. The second-order valence-corrected chi connectivity index (χ2v) is 7.66. The molecule has 1 aliphatic rings. The van der Waals surface area contributed by atoms with Crippen molar-refractivity contribution in [2.24, 2.45) is 0 Å². The number of nitrogens with two attached hydrogens (primary N) is 1. The minimum atomic E-state index is -0.586. The summed E-state index contributed by atoms with van der Waals surface area (Å²) in [7, 11) is 0. The first-order valence-electron chi connectivity index (χ1n) is 10.5. The van der Waals surface area contributed by atoms with E-state index >= 15 is 0 Å². The number of benzene rings is 1. The molecule has 0 aliphatic carbocycles. The van der Waals surface area contributed by atoms with Crippen molar-refractivity contribution in [2.45, 2.75) is 25.8 Å². The number of ether oxygens (including phenoxy) is 1. The van der Waals surface area contributed by atoms with E-state index in [2.05, 4.69) is 36.7 Å². The minimum absolute atomic E-state index is 0.0000884. The van der Waals surface area contributed by atoms with Crippen LogP contribution >= 0.6 is 0 Å². The molecule has 0 atom stereocenters. The highest BCUT2D eigenvalue weighted by Crippen LogP contribution is 2.36. The van der Waals surface area contributed by atoms with E-state index in [9.17, 15) is 9.18 Å². The normalized spacial score (nSPS) is 14.1. The lowest BCUT2D eigenvalue weighted by Crippen LogP contribution is -2.44. The van der Waals surface area contributed by atoms with Crippen molar-refractivity contribution in [3.05, 3.63) is 61.0 Å². The number of nitrogens with one attached hydrogen (secondary N) is 1. The van der Waals surface area contributed by atoms with E-state index in [1.165, 1.54) is 24.5 Å². The number of aromatic nitrogens is 4. The molecule has 33 heavy (non-hydrogen) atoms. The van der Waals surface area contributed by atoms with Crippen molar-refractivity contribution in [3.8, 4) is 22.9 Å². The SMILES string of the molecule is C=CC(=O)NC1CCN(c2ncnc(N)c2-c2ccc(Oc3nccc(C)n3)c(F)c2)CC1. The van der Waals surface area contributed by atoms with Crippen molar-refractivity contribution >= 4 is 17.5 Å². The van der Waals surface area contributed by atoms with Gasteiger partial charge >= 0.3 is 6.01 Å². The van der Waals surface area contributed by atoms with E-state index in [0.29, 0.717) is 35.7 Å². The van der Waals surface area contributed by atoms with Crippen LogP contribution in [0.4, 0.5) is 16.0 Å². The number of anilines is 2. The van der Waals surface area contributed by atoms with Crippen LogP contribution in [0, 0.1) is 12.7 Å². The summed E-state index contributed by atoms with van der Waals surface area (Å²) in [5, 5.41) is 2.92. The number of nitrogens with zero attached hydrogens (tertiary/aromatic N) is 5. The molecule has 3 N–H and O–H groups in total. The fourth-order valence-electron chi connectivity index (χ4n) is 3.71. The van der Waals surface area contributed by atoms with Gasteiger partial charge in [0.25, 0.3) is 0 Å². The summed E-state index contributed by atoms with van der Waals surface area (Å²) < 4.78 is 20.4. The van der Waals surface area contributed by atoms with Crippen LogP contribution < -0.4 is 20.7 Å². The van der Waals surface area contributed by atoms with Gasteiger partial charge in [0.1, 0.15) is 18.0 Å². The number of hydrogen-bond donors (Lipinski definition) is 2. The molecule has 1 amide bonds. The average molecular weight is 449 g/mol. The first kappa shape index (κ1) is 22.1. The summed E-state index contributed by atoms with van der Waals surface area (Å²) in [5.74, 6) is 0.0928. The number of piperidine rings is 1. The molecule has 0 unspecified atom stereocenters. The van der Waals surface area contributed by atoms with Crippen LogP contribution in [0.1, 0.15) is 18.5 Å². The van der Waals surface area contributed by atoms with Gasteiger partial charge in [0.15, 0.2) is 11.6 Å². The van der Waals surface area contributed by atoms with Crippen molar-refractivity contribution in [2.75, 3.05) is 23.7 Å². The van der Waals surface area contributed by atoms with Crippen molar-refractivity contribution < 1.29 is 13.9 Å². The average Bonchev–Trinajstić information content (AvgIpc) is 2.81. The van der Waals surface area contributed by atoms with Gasteiger partial charge in [-0.05, 0) is 49.6 Å². The molecule has 3 heterocycles. The monoisotopic (exact) mass is 449 g/mol. The third-order valence-corrected chi connectivity index (χ3v) is 5.38. The maximum absolute atomic E-state index is 14.9. The van der Waals surface area contributed by atoms with Crippen LogP contribution in [0.25, 0.3) is 11.1 Å². The summed E-state index contributed by atoms with van der Waals surface area (Å²) in [6.45, 7) is 6.59. The third-order valence-electron chi connectivity index (χ3n) is 5.38. The highest BCUT2D eigenvalue weighted by molar-refractivity contribution is 5.87. The Balaban J connectivity index is 1.57. The van der Waals surface area contributed by atoms with Gasteiger partial charge in [-0.1, -0.05) is 12.6 Å². The Kier molecular flexibility index (Phi) is 6.43. The van der Waals surface area contributed by atoms with Gasteiger partial charge in [-0.15, -0.1) is 0 Å². The van der Waals surface area contributed by atoms with E-state index in [4.69, 9.17) is 10.5 Å². The van der Waals surface area contributed by atoms with E-state index < -0.39 is 5.82 Å². The standard InChI is InChI=1S/C23H24FN7O2/c1-3-19(32)30-16-7-10-31(11-8-16)22-20(21(25)27-13-28-22)15-4-5-18(17(24)12-15)33-23-26-9-6-14(2)29-23/h3-6,9,12-13,16H,1,7-8,10-11H2,2H3,(H,30,32)(H2,25,27,28). The molecule has 170 valence electrons. The number of amides is 1. The quantitative estimate of drug-likeness (QED) is 0.551. The molecule has 1 saturated heterocycles. The number of halogens is 1. The second-order valence-electron chi connectivity index (χ2n) is 7.66. The first-order chi connectivity index (χ1) is 15.9. The summed E-state index contributed by atoms with van der Waals surface area (Å²) in [6, 6.07) is 6.39. The molecule has 0 radical (unpaired) electrons. The van der Waals surface area contributed by atoms with Crippen LogP contribution in [-0.4, -0.2) is 45.0 Å². The fraction of sp³-hybridized carbons (Fsp3) is 0.261. The first-order valence-corrected chi connectivity index (χ1v) is 10.5. The molecule has 0 bridgehead atoms. The molecular weight excluding hydrogens is 425 g/mol. The van der Waals surface area contributed by atoms with E-state index in [1.807, 2.05) is 0 Å². The van der Waals surface area contributed by atoms with Gasteiger partial charge in [0.2, 0.25) is 5.91 Å². The Hall–Kier alpha value is -4.08. The molecule has 10 heteroatoms. The zero-order valence-electron chi connectivity index (χ0n) is 18.2. The highest BCUT2D eigenvalue weighted by Gasteiger charge is 2.25. The molecule has 1 fully saturated rings. The molecule has 1 aliphatic heterocycles. The van der Waals surface area contributed by atoms with Gasteiger partial charge in [-0.2, -0.15) is 0 Å². The van der Waals surface area contributed by atoms with Gasteiger partial charge in [0.05, 0.1) is 5.56 Å². The second kappa shape index (κ2) is 9.60. The lowest BCUT2D eigenvalue weighted by atomic mass is 10.0. The topological polar surface area (TPSA) is 119 Å². The van der Waals surface area contributed by atoms with Crippen LogP contribution in [0.3, 0.4) is 0 Å². The highest BCUT2D eigenvalue weighted by atomic mass is 19.1. The minimum Gasteiger partial charge on any atom is -0.421 e. The molecule has 9 nitrogen and oxygen atoms in total. The zero-order chi connectivity index (χ0) is 23.4. The number of hydrogen-bond acceptors (Lipinski definition) is 8. The van der Waals surface area contributed by atoms with Gasteiger partial charge in [-0.25, -0.2) is 24.3 Å². The van der Waals surface area contributed by atoms with Crippen molar-refractivity contribution in [3.63, 3.8) is 0 Å². The molecule has 3 aromatic rings. The molecule has 1 aromatic carbocycles. The van der Waals surface area contributed by atoms with Crippen molar-refractivity contribution in [1.82, 2.24) is 25.3 Å². The Morgan fingerprint density at radius 3 is 2.76 bits per heavy atom. The van der Waals surface area contributed by atoms with Gasteiger partial charge in [-0.3, -0.25) is 4.79 Å². The molecule has 0 spiro atoms. The molecule has 0 saturated carbocycles. The third kappa shape index (κ3) is 5.05. The van der Waals surface area contributed by atoms with Gasteiger partial charge in [0, 0.05) is 31.0 Å². The smallest absolute Gasteiger partial charge is 0.322 e. The number of carbonyl (C=O) groups is 1. The Morgan fingerprint density at radius 1 is 1.27 bits per heavy atom. The summed E-state index contributed by atoms with van der Waals surface area (Å²) >= 11 is 0. The van der Waals surface area contributed by atoms with Gasteiger partial charge < -0.3 is 20.7 Å². The Morgan fingerprint density at radius 2 is 2.06 bits per heavy atom. The largest absolute Gasteiger partial charge is 0.421 e. The maximum atomic E-state index is 14.9. The molecular formula is C23H24FN7O2. The van der Waals surface area contributed by atoms with E-state index in [1.54, 1.807) is 25.3 Å².